The molecule has 0 atom stereocenters. The van der Waals surface area contributed by atoms with E-state index in [1.54, 1.807) is 12.1 Å². The van der Waals surface area contributed by atoms with Crippen molar-refractivity contribution >= 4 is 15.7 Å². The number of unbranched alkanes of at least 4 members (excludes halogenated alkanes) is 4. The molecule has 0 saturated heterocycles. The third kappa shape index (κ3) is 7.50. The average molecular weight is 341 g/mol. The smallest absolute Gasteiger partial charge is 0.220 e. The molecule has 0 bridgehead atoms. The minimum atomic E-state index is -3.38. The predicted molar refractivity (Wildman–Crippen MR) is 91.4 cm³/mol. The number of nitrogens with one attached hydrogen (secondary N) is 1. The first kappa shape index (κ1) is 19.5. The molecule has 6 heteroatoms. The molecule has 0 radical (unpaired) electrons. The van der Waals surface area contributed by atoms with Gasteiger partial charge in [-0.1, -0.05) is 32.6 Å². The summed E-state index contributed by atoms with van der Waals surface area (Å²) in [6.45, 7) is 2.29. The number of rotatable bonds is 11. The molecule has 1 N–H and O–H groups in total. The summed E-state index contributed by atoms with van der Waals surface area (Å²) in [5, 5.41) is 2.68. The van der Waals surface area contributed by atoms with Crippen molar-refractivity contribution in [3.05, 3.63) is 24.3 Å². The molecule has 0 saturated carbocycles. The fraction of sp³-hybridized carbons (Fsp3) is 0.588. The minimum Gasteiger partial charge on any atom is -0.497 e. The molecule has 23 heavy (non-hydrogen) atoms. The van der Waals surface area contributed by atoms with Crippen LogP contribution in [-0.2, 0) is 14.6 Å². The van der Waals surface area contributed by atoms with Crippen molar-refractivity contribution < 1.29 is 17.9 Å². The summed E-state index contributed by atoms with van der Waals surface area (Å²) in [4.78, 5) is 11.9. The van der Waals surface area contributed by atoms with Gasteiger partial charge in [0.15, 0.2) is 9.84 Å². The van der Waals surface area contributed by atoms with Gasteiger partial charge in [0.2, 0.25) is 5.91 Å². The van der Waals surface area contributed by atoms with E-state index in [0.29, 0.717) is 12.2 Å². The van der Waals surface area contributed by atoms with Crippen molar-refractivity contribution in [3.63, 3.8) is 0 Å². The van der Waals surface area contributed by atoms with Crippen LogP contribution in [0.1, 0.15) is 45.4 Å². The van der Waals surface area contributed by atoms with Crippen molar-refractivity contribution in [2.45, 2.75) is 50.3 Å². The summed E-state index contributed by atoms with van der Waals surface area (Å²) in [6, 6.07) is 6.26. The molecule has 0 aromatic heterocycles. The lowest BCUT2D eigenvalue weighted by Gasteiger charge is -2.07. The maximum atomic E-state index is 12.2. The average Bonchev–Trinajstić information content (AvgIpc) is 2.54. The first-order valence-corrected chi connectivity index (χ1v) is 9.78. The molecular formula is C17H27NO4S. The summed E-state index contributed by atoms with van der Waals surface area (Å²) < 4.78 is 29.3. The summed E-state index contributed by atoms with van der Waals surface area (Å²) in [6.07, 6.45) is 5.89. The maximum Gasteiger partial charge on any atom is 0.220 e. The molecule has 130 valence electrons. The van der Waals surface area contributed by atoms with Gasteiger partial charge >= 0.3 is 0 Å². The molecule has 1 aromatic rings. The Labute approximate surface area is 139 Å². The van der Waals surface area contributed by atoms with E-state index in [2.05, 4.69) is 12.2 Å². The lowest BCUT2D eigenvalue weighted by molar-refractivity contribution is -0.121. The number of hydrogen-bond acceptors (Lipinski definition) is 4. The van der Waals surface area contributed by atoms with Gasteiger partial charge in [0, 0.05) is 13.0 Å². The molecule has 0 aliphatic heterocycles. The van der Waals surface area contributed by atoms with Crippen molar-refractivity contribution in [3.8, 4) is 5.75 Å². The second-order valence-corrected chi connectivity index (χ2v) is 7.62. The normalized spacial score (nSPS) is 11.2. The molecular weight excluding hydrogens is 314 g/mol. The summed E-state index contributed by atoms with van der Waals surface area (Å²) in [5.74, 6) is 0.438. The lowest BCUT2D eigenvalue weighted by Crippen LogP contribution is -2.28. The Balaban J connectivity index is 2.31. The highest BCUT2D eigenvalue weighted by molar-refractivity contribution is 7.91. The zero-order valence-electron chi connectivity index (χ0n) is 14.0. The Hall–Kier alpha value is -1.56. The van der Waals surface area contributed by atoms with Crippen molar-refractivity contribution in [1.29, 1.82) is 0 Å². The van der Waals surface area contributed by atoms with Crippen molar-refractivity contribution in [1.82, 2.24) is 5.32 Å². The monoisotopic (exact) mass is 341 g/mol. The van der Waals surface area contributed by atoms with Crippen LogP contribution in [-0.4, -0.2) is 33.7 Å². The fourth-order valence-electron chi connectivity index (χ4n) is 2.20. The van der Waals surface area contributed by atoms with Gasteiger partial charge in [-0.2, -0.15) is 0 Å². The van der Waals surface area contributed by atoms with E-state index in [1.165, 1.54) is 32.1 Å². The highest BCUT2D eigenvalue weighted by Gasteiger charge is 2.14. The number of sulfone groups is 1. The minimum absolute atomic E-state index is 0.0774. The van der Waals surface area contributed by atoms with Gasteiger partial charge in [0.1, 0.15) is 5.75 Å². The SMILES string of the molecule is CCCCCCCC(=O)NCCS(=O)(=O)c1ccc(OC)cc1. The molecule has 1 amide bonds. The first-order chi connectivity index (χ1) is 11.0. The predicted octanol–water partition coefficient (Wildman–Crippen LogP) is 2.95. The zero-order valence-corrected chi connectivity index (χ0v) is 14.8. The molecule has 0 aliphatic carbocycles. The Morgan fingerprint density at radius 3 is 2.35 bits per heavy atom. The van der Waals surface area contributed by atoms with E-state index in [0.717, 1.165) is 19.3 Å². The van der Waals surface area contributed by atoms with Crippen molar-refractivity contribution in [2.75, 3.05) is 19.4 Å². The number of amides is 1. The van der Waals surface area contributed by atoms with Crippen LogP contribution < -0.4 is 10.1 Å². The van der Waals surface area contributed by atoms with E-state index in [-0.39, 0.29) is 23.1 Å². The van der Waals surface area contributed by atoms with E-state index >= 15 is 0 Å². The van der Waals surface area contributed by atoms with Crippen LogP contribution in [0.4, 0.5) is 0 Å². The van der Waals surface area contributed by atoms with Crippen LogP contribution in [0.3, 0.4) is 0 Å². The molecule has 0 aliphatic rings. The number of hydrogen-bond donors (Lipinski definition) is 1. The van der Waals surface area contributed by atoms with Crippen LogP contribution >= 0.6 is 0 Å². The Bertz CT molecular complexity index is 567. The van der Waals surface area contributed by atoms with E-state index in [9.17, 15) is 13.2 Å². The van der Waals surface area contributed by atoms with Crippen molar-refractivity contribution in [2.24, 2.45) is 0 Å². The Morgan fingerprint density at radius 1 is 1.09 bits per heavy atom. The van der Waals surface area contributed by atoms with Crippen LogP contribution in [0.2, 0.25) is 0 Å². The molecule has 1 aromatic carbocycles. The molecule has 1 rings (SSSR count). The maximum absolute atomic E-state index is 12.2. The number of methoxy groups -OCH3 is 1. The second-order valence-electron chi connectivity index (χ2n) is 5.51. The quantitative estimate of drug-likeness (QED) is 0.628. The van der Waals surface area contributed by atoms with E-state index < -0.39 is 9.84 Å². The Kier molecular flexibility index (Phi) is 8.69. The number of carbonyl (C=O) groups is 1. The third-order valence-electron chi connectivity index (χ3n) is 3.62. The van der Waals surface area contributed by atoms with Crippen LogP contribution in [0, 0.1) is 0 Å². The highest BCUT2D eigenvalue weighted by atomic mass is 32.2. The fourth-order valence-corrected chi connectivity index (χ4v) is 3.36. The van der Waals surface area contributed by atoms with Crippen LogP contribution in [0.15, 0.2) is 29.2 Å². The third-order valence-corrected chi connectivity index (χ3v) is 5.35. The van der Waals surface area contributed by atoms with E-state index in [1.807, 2.05) is 0 Å². The van der Waals surface area contributed by atoms with Gasteiger partial charge in [-0.3, -0.25) is 4.79 Å². The van der Waals surface area contributed by atoms with Gasteiger partial charge in [-0.25, -0.2) is 8.42 Å². The largest absolute Gasteiger partial charge is 0.497 e. The number of carbonyl (C=O) groups excluding carboxylic acids is 1. The van der Waals surface area contributed by atoms with Gasteiger partial charge in [-0.15, -0.1) is 0 Å². The lowest BCUT2D eigenvalue weighted by atomic mass is 10.1. The van der Waals surface area contributed by atoms with Gasteiger partial charge < -0.3 is 10.1 Å². The van der Waals surface area contributed by atoms with Gasteiger partial charge in [0.05, 0.1) is 17.8 Å². The standard InChI is InChI=1S/C17H27NO4S/c1-3-4-5-6-7-8-17(19)18-13-14-23(20,21)16-11-9-15(22-2)10-12-16/h9-12H,3-8,13-14H2,1-2H3,(H,18,19). The molecule has 0 fully saturated rings. The summed E-state index contributed by atoms with van der Waals surface area (Å²) >= 11 is 0. The van der Waals surface area contributed by atoms with E-state index in [4.69, 9.17) is 4.74 Å². The summed E-state index contributed by atoms with van der Waals surface area (Å²) in [7, 11) is -1.85. The number of ether oxygens (including phenoxy) is 1. The van der Waals surface area contributed by atoms with Crippen LogP contribution in [0.5, 0.6) is 5.75 Å². The van der Waals surface area contributed by atoms with Gasteiger partial charge in [-0.05, 0) is 30.7 Å². The van der Waals surface area contributed by atoms with Crippen LogP contribution in [0.25, 0.3) is 0 Å². The topological polar surface area (TPSA) is 72.5 Å². The second kappa shape index (κ2) is 10.3. The first-order valence-electron chi connectivity index (χ1n) is 8.13. The molecule has 0 heterocycles. The van der Waals surface area contributed by atoms with Gasteiger partial charge in [0.25, 0.3) is 0 Å². The Morgan fingerprint density at radius 2 is 1.74 bits per heavy atom. The zero-order chi connectivity index (χ0) is 17.1. The highest BCUT2D eigenvalue weighted by Crippen LogP contribution is 2.16. The molecule has 0 unspecified atom stereocenters. The molecule has 5 nitrogen and oxygen atoms in total. The molecule has 0 spiro atoms. The summed E-state index contributed by atoms with van der Waals surface area (Å²) in [5.41, 5.74) is 0. The number of benzene rings is 1.